The van der Waals surface area contributed by atoms with Crippen LogP contribution in [0.15, 0.2) is 42.7 Å². The van der Waals surface area contributed by atoms with Crippen molar-refractivity contribution in [2.45, 2.75) is 20.4 Å². The molecule has 0 radical (unpaired) electrons. The normalized spacial score (nSPS) is 10.2. The van der Waals surface area contributed by atoms with E-state index in [4.69, 9.17) is 11.2 Å². The van der Waals surface area contributed by atoms with Crippen LogP contribution < -0.4 is 16.0 Å². The Balaban J connectivity index is 2.01. The highest BCUT2D eigenvalue weighted by Gasteiger charge is 2.12. The number of urea groups is 1. The van der Waals surface area contributed by atoms with Crippen LogP contribution in [-0.4, -0.2) is 35.2 Å². The molecule has 31 heavy (non-hydrogen) atoms. The van der Waals surface area contributed by atoms with Crippen LogP contribution in [0.25, 0.3) is 21.9 Å². The molecule has 0 atom stereocenters. The Morgan fingerprint density at radius 3 is 2.71 bits per heavy atom. The van der Waals surface area contributed by atoms with Crippen LogP contribution in [0.2, 0.25) is 0 Å². The highest BCUT2D eigenvalue weighted by molar-refractivity contribution is 6.01. The number of hydrogen-bond acceptors (Lipinski definition) is 5. The van der Waals surface area contributed by atoms with Crippen LogP contribution in [0.4, 0.5) is 15.4 Å². The number of alkyl carbamates (subject to hydrolysis) is 1. The predicted molar refractivity (Wildman–Crippen MR) is 119 cm³/mol. The summed E-state index contributed by atoms with van der Waals surface area (Å²) < 4.78 is 4.85. The van der Waals surface area contributed by atoms with E-state index >= 15 is 0 Å². The van der Waals surface area contributed by atoms with Gasteiger partial charge in [-0.3, -0.25) is 10.3 Å². The molecule has 0 aliphatic heterocycles. The molecule has 8 heteroatoms. The van der Waals surface area contributed by atoms with E-state index in [-0.39, 0.29) is 19.2 Å². The Morgan fingerprint density at radius 1 is 1.13 bits per heavy atom. The third-order valence-corrected chi connectivity index (χ3v) is 4.49. The number of carbonyl (C=O) groups excluding carboxylic acids is 2. The van der Waals surface area contributed by atoms with Crippen molar-refractivity contribution < 1.29 is 14.3 Å². The maximum Gasteiger partial charge on any atom is 0.408 e. The minimum Gasteiger partial charge on any atom is -0.436 e. The molecule has 3 N–H and O–H groups in total. The minimum atomic E-state index is -0.595. The van der Waals surface area contributed by atoms with Gasteiger partial charge in [-0.1, -0.05) is 18.1 Å². The van der Waals surface area contributed by atoms with Crippen LogP contribution in [0.5, 0.6) is 0 Å². The highest BCUT2D eigenvalue weighted by atomic mass is 16.5. The fraction of sp³-hybridized carbons (Fsp3) is 0.217. The van der Waals surface area contributed by atoms with E-state index < -0.39 is 6.09 Å². The number of nitrogens with zero attached hydrogens (tertiary/aromatic N) is 2. The zero-order valence-electron chi connectivity index (χ0n) is 17.4. The Kier molecular flexibility index (Phi) is 7.01. The summed E-state index contributed by atoms with van der Waals surface area (Å²) in [6.45, 7) is 4.41. The number of carbonyl (C=O) groups is 2. The smallest absolute Gasteiger partial charge is 0.408 e. The topological polar surface area (TPSA) is 105 Å². The predicted octanol–water partition coefficient (Wildman–Crippen LogP) is 3.61. The van der Waals surface area contributed by atoms with E-state index in [1.54, 1.807) is 12.4 Å². The monoisotopic (exact) mass is 417 g/mol. The summed E-state index contributed by atoms with van der Waals surface area (Å²) in [5, 5.41) is 9.82. The number of hydrogen-bond donors (Lipinski definition) is 3. The minimum absolute atomic E-state index is 0.0939. The van der Waals surface area contributed by atoms with Gasteiger partial charge in [-0.2, -0.15) is 0 Å². The fourth-order valence-corrected chi connectivity index (χ4v) is 3.13. The maximum atomic E-state index is 11.9. The summed E-state index contributed by atoms with van der Waals surface area (Å²) >= 11 is 0. The molecule has 2 heterocycles. The molecule has 0 fully saturated rings. The third-order valence-electron chi connectivity index (χ3n) is 4.49. The van der Waals surface area contributed by atoms with E-state index in [2.05, 4.69) is 31.8 Å². The van der Waals surface area contributed by atoms with Gasteiger partial charge in [0, 0.05) is 36.6 Å². The first-order valence-electron chi connectivity index (χ1n) is 9.75. The lowest BCUT2D eigenvalue weighted by Crippen LogP contribution is -2.28. The summed E-state index contributed by atoms with van der Waals surface area (Å²) in [5.41, 5.74) is 3.68. The van der Waals surface area contributed by atoms with Gasteiger partial charge in [0.1, 0.15) is 5.82 Å². The van der Waals surface area contributed by atoms with Crippen molar-refractivity contribution in [3.8, 4) is 23.5 Å². The summed E-state index contributed by atoms with van der Waals surface area (Å²) in [4.78, 5) is 32.3. The quantitative estimate of drug-likeness (QED) is 0.532. The lowest BCUT2D eigenvalue weighted by Gasteiger charge is -2.14. The number of aryl methyl sites for hydroxylation is 1. The van der Waals surface area contributed by atoms with Gasteiger partial charge in [0.2, 0.25) is 0 Å². The zero-order valence-corrected chi connectivity index (χ0v) is 17.4. The summed E-state index contributed by atoms with van der Waals surface area (Å²) in [5.74, 6) is 2.67. The number of amides is 3. The number of nitrogens with one attached hydrogen (secondary N) is 3. The number of rotatable bonds is 6. The molecule has 3 amide bonds. The molecule has 0 bridgehead atoms. The van der Waals surface area contributed by atoms with Crippen molar-refractivity contribution in [2.75, 3.05) is 18.5 Å². The Labute approximate surface area is 180 Å². The van der Waals surface area contributed by atoms with Gasteiger partial charge in [0.15, 0.2) is 6.61 Å². The van der Waals surface area contributed by atoms with Gasteiger partial charge in [-0.25, -0.2) is 14.6 Å². The second kappa shape index (κ2) is 10.1. The molecule has 0 unspecified atom stereocenters. The molecular formula is C23H23N5O3. The standard InChI is InChI=1S/C23H23N5O3/c1-4-10-31-23(30)27-13-17-6-7-18(16-8-9-25-15(3)11-16)19-12-21(26-14-20(17)19)28-22(29)24-5-2/h1,6-9,11-12,14H,5,10,13H2,2-3H3,(H,27,30)(H2,24,26,28,29). The number of benzene rings is 1. The lowest BCUT2D eigenvalue weighted by atomic mass is 9.96. The van der Waals surface area contributed by atoms with E-state index in [0.717, 1.165) is 33.2 Å². The first-order chi connectivity index (χ1) is 15.0. The van der Waals surface area contributed by atoms with E-state index in [0.29, 0.717) is 12.4 Å². The Hall–Kier alpha value is -4.12. The molecule has 8 nitrogen and oxygen atoms in total. The van der Waals surface area contributed by atoms with E-state index in [1.165, 1.54) is 0 Å². The molecule has 0 saturated carbocycles. The van der Waals surface area contributed by atoms with Gasteiger partial charge in [0.05, 0.1) is 0 Å². The number of anilines is 1. The highest BCUT2D eigenvalue weighted by Crippen LogP contribution is 2.32. The van der Waals surface area contributed by atoms with Crippen LogP contribution in [0, 0.1) is 19.3 Å². The van der Waals surface area contributed by atoms with Gasteiger partial charge in [0.25, 0.3) is 0 Å². The molecule has 0 saturated heterocycles. The molecule has 158 valence electrons. The summed E-state index contributed by atoms with van der Waals surface area (Å²) in [6.07, 6.45) is 7.94. The van der Waals surface area contributed by atoms with Crippen LogP contribution in [0.3, 0.4) is 0 Å². The molecule has 3 aromatic rings. The van der Waals surface area contributed by atoms with Crippen LogP contribution in [0.1, 0.15) is 18.2 Å². The van der Waals surface area contributed by atoms with Crippen LogP contribution in [-0.2, 0) is 11.3 Å². The molecule has 2 aromatic heterocycles. The lowest BCUT2D eigenvalue weighted by molar-refractivity contribution is 0.159. The summed E-state index contributed by atoms with van der Waals surface area (Å²) in [7, 11) is 0. The maximum absolute atomic E-state index is 11.9. The average molecular weight is 417 g/mol. The van der Waals surface area contributed by atoms with E-state index in [9.17, 15) is 9.59 Å². The largest absolute Gasteiger partial charge is 0.436 e. The van der Waals surface area contributed by atoms with Gasteiger partial charge in [-0.15, -0.1) is 6.42 Å². The van der Waals surface area contributed by atoms with Crippen molar-refractivity contribution in [3.63, 3.8) is 0 Å². The number of terminal acetylenes is 1. The number of fused-ring (bicyclic) bond motifs is 1. The van der Waals surface area contributed by atoms with Crippen molar-refractivity contribution >= 4 is 28.7 Å². The molecule has 0 aliphatic carbocycles. The van der Waals surface area contributed by atoms with Gasteiger partial charge < -0.3 is 15.4 Å². The third kappa shape index (κ3) is 5.48. The van der Waals surface area contributed by atoms with E-state index in [1.807, 2.05) is 44.2 Å². The Morgan fingerprint density at radius 2 is 1.97 bits per heavy atom. The SMILES string of the molecule is C#CCOC(=O)NCc1ccc(-c2ccnc(C)c2)c2cc(NC(=O)NCC)ncc12. The summed E-state index contributed by atoms with van der Waals surface area (Å²) in [6, 6.07) is 9.29. The van der Waals surface area contributed by atoms with Crippen molar-refractivity contribution in [1.82, 2.24) is 20.6 Å². The number of ether oxygens (including phenoxy) is 1. The van der Waals surface area contributed by atoms with Crippen molar-refractivity contribution in [3.05, 3.63) is 54.0 Å². The van der Waals surface area contributed by atoms with Crippen LogP contribution >= 0.6 is 0 Å². The molecule has 0 spiro atoms. The molecule has 3 rings (SSSR count). The fourth-order valence-electron chi connectivity index (χ4n) is 3.13. The number of aromatic nitrogens is 2. The second-order valence-corrected chi connectivity index (χ2v) is 6.69. The molecule has 0 aliphatic rings. The van der Waals surface area contributed by atoms with Crippen molar-refractivity contribution in [2.24, 2.45) is 0 Å². The average Bonchev–Trinajstić information content (AvgIpc) is 2.76. The van der Waals surface area contributed by atoms with Gasteiger partial charge >= 0.3 is 12.1 Å². The second-order valence-electron chi connectivity index (χ2n) is 6.69. The number of pyridine rings is 2. The first kappa shape index (κ1) is 21.6. The molecular weight excluding hydrogens is 394 g/mol. The van der Waals surface area contributed by atoms with Crippen molar-refractivity contribution in [1.29, 1.82) is 0 Å². The van der Waals surface area contributed by atoms with Gasteiger partial charge in [-0.05, 0) is 54.1 Å². The first-order valence-corrected chi connectivity index (χ1v) is 9.75. The molecule has 1 aromatic carbocycles. The Bertz CT molecular complexity index is 1150. The zero-order chi connectivity index (χ0) is 22.2.